The van der Waals surface area contributed by atoms with Gasteiger partial charge in [0.1, 0.15) is 0 Å². The molecule has 1 saturated carbocycles. The predicted molar refractivity (Wildman–Crippen MR) is 100 cm³/mol. The lowest BCUT2D eigenvalue weighted by Crippen LogP contribution is -2.48. The van der Waals surface area contributed by atoms with E-state index in [-0.39, 0.29) is 48.1 Å². The average molecular weight is 440 g/mol. The van der Waals surface area contributed by atoms with Crippen LogP contribution >= 0.6 is 24.0 Å². The van der Waals surface area contributed by atoms with Crippen LogP contribution in [0.4, 0.5) is 4.79 Å². The van der Waals surface area contributed by atoms with Crippen LogP contribution in [-0.4, -0.2) is 60.4 Å². The van der Waals surface area contributed by atoms with Crippen molar-refractivity contribution in [1.29, 1.82) is 0 Å². The molecule has 0 aromatic carbocycles. The number of hydrogen-bond donors (Lipinski definition) is 3. The highest BCUT2D eigenvalue weighted by molar-refractivity contribution is 14.0. The maximum absolute atomic E-state index is 11.6. The smallest absolute Gasteiger partial charge is 0.409 e. The fourth-order valence-corrected chi connectivity index (χ4v) is 3.12. The summed E-state index contributed by atoms with van der Waals surface area (Å²) in [4.78, 5) is 17.7. The van der Waals surface area contributed by atoms with E-state index in [9.17, 15) is 9.90 Å². The van der Waals surface area contributed by atoms with Crippen LogP contribution in [0, 0.1) is 5.92 Å². The first-order chi connectivity index (χ1) is 10.6. The number of guanidine groups is 1. The monoisotopic (exact) mass is 440 g/mol. The molecule has 2 aliphatic rings. The van der Waals surface area contributed by atoms with E-state index in [4.69, 9.17) is 10.5 Å². The Hall–Kier alpha value is -0.770. The molecule has 1 heterocycles. The first kappa shape index (κ1) is 20.3. The van der Waals surface area contributed by atoms with Gasteiger partial charge in [-0.05, 0) is 32.6 Å². The fraction of sp³-hybridized carbons (Fsp3) is 0.867. The van der Waals surface area contributed by atoms with Gasteiger partial charge < -0.3 is 25.8 Å². The summed E-state index contributed by atoms with van der Waals surface area (Å²) in [5.74, 6) is 0.680. The number of carbonyl (C=O) groups excluding carboxylic acids is 1. The molecule has 0 spiro atoms. The highest BCUT2D eigenvalue weighted by atomic mass is 127. The molecule has 1 aliphatic heterocycles. The van der Waals surface area contributed by atoms with Gasteiger partial charge in [-0.3, -0.25) is 4.99 Å². The van der Waals surface area contributed by atoms with Crippen LogP contribution in [0.2, 0.25) is 0 Å². The number of aliphatic hydroxyl groups is 1. The number of nitrogens with one attached hydrogen (secondary N) is 1. The minimum atomic E-state index is -0.238. The molecule has 8 heteroatoms. The van der Waals surface area contributed by atoms with E-state index in [0.717, 1.165) is 32.1 Å². The van der Waals surface area contributed by atoms with Gasteiger partial charge in [0.05, 0.1) is 12.7 Å². The Balaban J connectivity index is 0.00000264. The van der Waals surface area contributed by atoms with E-state index >= 15 is 0 Å². The summed E-state index contributed by atoms with van der Waals surface area (Å²) in [6.07, 6.45) is 4.17. The third kappa shape index (κ3) is 6.33. The van der Waals surface area contributed by atoms with Crippen LogP contribution in [0.1, 0.15) is 39.0 Å². The molecule has 4 N–H and O–H groups in total. The molecule has 1 aliphatic carbocycles. The number of aliphatic imine (C=N–C) groups is 1. The number of amides is 1. The number of hydrogen-bond acceptors (Lipinski definition) is 4. The largest absolute Gasteiger partial charge is 0.450 e. The molecule has 0 radical (unpaired) electrons. The minimum absolute atomic E-state index is 0. The Bertz CT molecular complexity index is 400. The van der Waals surface area contributed by atoms with E-state index in [2.05, 4.69) is 10.3 Å². The van der Waals surface area contributed by atoms with Gasteiger partial charge in [-0.15, -0.1) is 24.0 Å². The lowest BCUT2D eigenvalue weighted by Gasteiger charge is -2.31. The van der Waals surface area contributed by atoms with Crippen molar-refractivity contribution in [3.05, 3.63) is 0 Å². The molecule has 1 amide bonds. The topological polar surface area (TPSA) is 100 Å². The van der Waals surface area contributed by atoms with Crippen molar-refractivity contribution in [2.45, 2.75) is 51.2 Å². The second-order valence-electron chi connectivity index (χ2n) is 6.09. The molecule has 2 fully saturated rings. The highest BCUT2D eigenvalue weighted by Gasteiger charge is 2.26. The Labute approximate surface area is 155 Å². The predicted octanol–water partition coefficient (Wildman–Crippen LogP) is 1.29. The van der Waals surface area contributed by atoms with Crippen LogP contribution in [0.3, 0.4) is 0 Å². The number of aliphatic hydroxyl groups excluding tert-OH is 1. The lowest BCUT2D eigenvalue weighted by atomic mass is 10.1. The molecule has 2 rings (SSSR count). The molecule has 1 saturated heterocycles. The number of piperidine rings is 1. The minimum Gasteiger partial charge on any atom is -0.450 e. The molecule has 0 aromatic heterocycles. The molecule has 2 atom stereocenters. The van der Waals surface area contributed by atoms with Crippen LogP contribution < -0.4 is 11.1 Å². The highest BCUT2D eigenvalue weighted by Crippen LogP contribution is 2.25. The number of ether oxygens (including phenoxy) is 1. The summed E-state index contributed by atoms with van der Waals surface area (Å²) in [6, 6.07) is 0.239. The van der Waals surface area contributed by atoms with Crippen molar-refractivity contribution < 1.29 is 14.6 Å². The van der Waals surface area contributed by atoms with E-state index in [1.54, 1.807) is 4.90 Å². The maximum Gasteiger partial charge on any atom is 0.409 e. The van der Waals surface area contributed by atoms with E-state index in [0.29, 0.717) is 32.2 Å². The summed E-state index contributed by atoms with van der Waals surface area (Å²) in [6.45, 7) is 4.15. The summed E-state index contributed by atoms with van der Waals surface area (Å²) in [5.41, 5.74) is 5.92. The third-order valence-electron chi connectivity index (χ3n) is 4.49. The lowest BCUT2D eigenvalue weighted by molar-refractivity contribution is 0.0963. The van der Waals surface area contributed by atoms with Crippen molar-refractivity contribution >= 4 is 36.0 Å². The zero-order chi connectivity index (χ0) is 15.9. The zero-order valence-corrected chi connectivity index (χ0v) is 16.1. The summed E-state index contributed by atoms with van der Waals surface area (Å²) < 4.78 is 5.00. The Morgan fingerprint density at radius 1 is 1.35 bits per heavy atom. The van der Waals surface area contributed by atoms with Crippen molar-refractivity contribution in [3.63, 3.8) is 0 Å². The first-order valence-corrected chi connectivity index (χ1v) is 8.26. The zero-order valence-electron chi connectivity index (χ0n) is 13.7. The number of halogens is 1. The fourth-order valence-electron chi connectivity index (χ4n) is 3.12. The molecule has 0 aromatic rings. The third-order valence-corrected chi connectivity index (χ3v) is 4.49. The van der Waals surface area contributed by atoms with Crippen LogP contribution in [-0.2, 0) is 4.74 Å². The van der Waals surface area contributed by atoms with Gasteiger partial charge in [-0.2, -0.15) is 0 Å². The van der Waals surface area contributed by atoms with Gasteiger partial charge in [0.15, 0.2) is 5.96 Å². The molecular weight excluding hydrogens is 411 g/mol. The standard InChI is InChI=1S/C15H28N4O3.HI/c1-2-22-15(21)19-8-6-12(7-9-19)18-14(16)17-10-11-4-3-5-13(11)20;/h11-13,20H,2-10H2,1H3,(H3,16,17,18);1H. The summed E-state index contributed by atoms with van der Waals surface area (Å²) >= 11 is 0. The number of likely N-dealkylation sites (tertiary alicyclic amines) is 1. The number of nitrogens with zero attached hydrogens (tertiary/aromatic N) is 2. The number of nitrogens with two attached hydrogens (primary N) is 1. The normalized spacial score (nSPS) is 25.8. The second kappa shape index (κ2) is 10.2. The van der Waals surface area contributed by atoms with Gasteiger partial charge in [-0.1, -0.05) is 6.42 Å². The van der Waals surface area contributed by atoms with Crippen molar-refractivity contribution in [3.8, 4) is 0 Å². The molecule has 23 heavy (non-hydrogen) atoms. The van der Waals surface area contributed by atoms with E-state index in [1.165, 1.54) is 0 Å². The van der Waals surface area contributed by atoms with Crippen molar-refractivity contribution in [2.24, 2.45) is 16.6 Å². The van der Waals surface area contributed by atoms with Crippen molar-refractivity contribution in [1.82, 2.24) is 10.2 Å². The first-order valence-electron chi connectivity index (χ1n) is 8.26. The summed E-state index contributed by atoms with van der Waals surface area (Å²) in [5, 5.41) is 13.0. The van der Waals surface area contributed by atoms with Crippen molar-refractivity contribution in [2.75, 3.05) is 26.2 Å². The molecule has 134 valence electrons. The SMILES string of the molecule is CCOC(=O)N1CCC(NC(N)=NCC2CCCC2O)CC1.I. The van der Waals surface area contributed by atoms with E-state index in [1.807, 2.05) is 6.92 Å². The van der Waals surface area contributed by atoms with Gasteiger partial charge in [0.2, 0.25) is 0 Å². The van der Waals surface area contributed by atoms with Crippen LogP contribution in [0.5, 0.6) is 0 Å². The Morgan fingerprint density at radius 2 is 2.04 bits per heavy atom. The average Bonchev–Trinajstić information content (AvgIpc) is 2.91. The van der Waals surface area contributed by atoms with Gasteiger partial charge in [0, 0.05) is 31.6 Å². The summed E-state index contributed by atoms with van der Waals surface area (Å²) in [7, 11) is 0. The number of carbonyl (C=O) groups is 1. The molecule has 7 nitrogen and oxygen atoms in total. The molecular formula is C15H29IN4O3. The Kier molecular flexibility index (Phi) is 8.96. The molecule has 2 unspecified atom stereocenters. The Morgan fingerprint density at radius 3 is 2.61 bits per heavy atom. The molecule has 0 bridgehead atoms. The van der Waals surface area contributed by atoms with Crippen LogP contribution in [0.25, 0.3) is 0 Å². The van der Waals surface area contributed by atoms with E-state index < -0.39 is 0 Å². The van der Waals surface area contributed by atoms with Gasteiger partial charge in [-0.25, -0.2) is 4.79 Å². The quantitative estimate of drug-likeness (QED) is 0.348. The van der Waals surface area contributed by atoms with Gasteiger partial charge >= 0.3 is 6.09 Å². The number of rotatable bonds is 4. The van der Waals surface area contributed by atoms with Gasteiger partial charge in [0.25, 0.3) is 0 Å². The maximum atomic E-state index is 11.6. The van der Waals surface area contributed by atoms with Crippen LogP contribution in [0.15, 0.2) is 4.99 Å². The second-order valence-corrected chi connectivity index (χ2v) is 6.09.